The third kappa shape index (κ3) is 3.73. The molecule has 2 aromatic carbocycles. The van der Waals surface area contributed by atoms with Crippen molar-refractivity contribution in [2.45, 2.75) is 0 Å². The molecule has 0 unspecified atom stereocenters. The van der Waals surface area contributed by atoms with Gasteiger partial charge in [0.15, 0.2) is 18.1 Å². The molecule has 0 bridgehead atoms. The summed E-state index contributed by atoms with van der Waals surface area (Å²) in [7, 11) is 0. The lowest BCUT2D eigenvalue weighted by molar-refractivity contribution is -0.119. The van der Waals surface area contributed by atoms with Crippen LogP contribution in [0.5, 0.6) is 11.5 Å². The molecule has 1 aliphatic rings. The van der Waals surface area contributed by atoms with E-state index >= 15 is 0 Å². The molecule has 1 heterocycles. The van der Waals surface area contributed by atoms with Crippen LogP contribution in [0.25, 0.3) is 0 Å². The maximum atomic E-state index is 11.9. The van der Waals surface area contributed by atoms with Gasteiger partial charge >= 0.3 is 5.97 Å². The summed E-state index contributed by atoms with van der Waals surface area (Å²) in [6.45, 7) is -0.196. The number of benzene rings is 2. The highest BCUT2D eigenvalue weighted by molar-refractivity contribution is 14.1. The minimum atomic E-state index is -0.532. The summed E-state index contributed by atoms with van der Waals surface area (Å²) in [5.41, 5.74) is 0.980. The SMILES string of the molecule is O=C(COC(=O)c1ccccc1I)Nc1ccc2c(c1)OCO2. The summed E-state index contributed by atoms with van der Waals surface area (Å²) in [6, 6.07) is 12.1. The van der Waals surface area contributed by atoms with Crippen LogP contribution in [0.2, 0.25) is 0 Å². The highest BCUT2D eigenvalue weighted by Gasteiger charge is 2.16. The average molecular weight is 425 g/mol. The van der Waals surface area contributed by atoms with Crippen LogP contribution in [-0.4, -0.2) is 25.3 Å². The Morgan fingerprint density at radius 2 is 1.91 bits per heavy atom. The summed E-state index contributed by atoms with van der Waals surface area (Å²) in [5.74, 6) is 0.241. The summed E-state index contributed by atoms with van der Waals surface area (Å²) in [4.78, 5) is 23.8. The van der Waals surface area contributed by atoms with E-state index in [9.17, 15) is 9.59 Å². The molecule has 118 valence electrons. The van der Waals surface area contributed by atoms with Crippen LogP contribution in [0.3, 0.4) is 0 Å². The number of esters is 1. The van der Waals surface area contributed by atoms with Gasteiger partial charge in [0.05, 0.1) is 5.56 Å². The molecule has 0 fully saturated rings. The Balaban J connectivity index is 1.56. The van der Waals surface area contributed by atoms with Crippen LogP contribution in [0.1, 0.15) is 10.4 Å². The fraction of sp³-hybridized carbons (Fsp3) is 0.125. The summed E-state index contributed by atoms with van der Waals surface area (Å²) in [6.07, 6.45) is 0. The van der Waals surface area contributed by atoms with Crippen molar-refractivity contribution in [3.63, 3.8) is 0 Å². The van der Waals surface area contributed by atoms with Crippen molar-refractivity contribution in [1.29, 1.82) is 0 Å². The molecule has 1 N–H and O–H groups in total. The molecule has 6 nitrogen and oxygen atoms in total. The van der Waals surface area contributed by atoms with Gasteiger partial charge in [-0.3, -0.25) is 4.79 Å². The Hall–Kier alpha value is -2.29. The van der Waals surface area contributed by atoms with Crippen molar-refractivity contribution < 1.29 is 23.8 Å². The number of anilines is 1. The number of hydrogen-bond donors (Lipinski definition) is 1. The Morgan fingerprint density at radius 3 is 2.74 bits per heavy atom. The zero-order valence-corrected chi connectivity index (χ0v) is 14.0. The third-order valence-electron chi connectivity index (χ3n) is 3.08. The molecule has 0 radical (unpaired) electrons. The standard InChI is InChI=1S/C16H12INO5/c17-12-4-2-1-3-11(12)16(20)21-8-15(19)18-10-5-6-13-14(7-10)23-9-22-13/h1-7H,8-9H2,(H,18,19). The van der Waals surface area contributed by atoms with Gasteiger partial charge < -0.3 is 19.5 Å². The minimum absolute atomic E-state index is 0.167. The molecule has 0 aliphatic carbocycles. The van der Waals surface area contributed by atoms with Gasteiger partial charge in [0, 0.05) is 15.3 Å². The van der Waals surface area contributed by atoms with Crippen LogP contribution in [0.4, 0.5) is 5.69 Å². The number of rotatable bonds is 4. The van der Waals surface area contributed by atoms with Gasteiger partial charge in [0.25, 0.3) is 5.91 Å². The van der Waals surface area contributed by atoms with Crippen molar-refractivity contribution in [3.05, 3.63) is 51.6 Å². The van der Waals surface area contributed by atoms with Crippen molar-refractivity contribution >= 4 is 40.2 Å². The first kappa shape index (κ1) is 15.6. The van der Waals surface area contributed by atoms with E-state index in [1.165, 1.54) is 0 Å². The van der Waals surface area contributed by atoms with Crippen LogP contribution in [0.15, 0.2) is 42.5 Å². The molecule has 23 heavy (non-hydrogen) atoms. The number of nitrogens with one attached hydrogen (secondary N) is 1. The highest BCUT2D eigenvalue weighted by atomic mass is 127. The van der Waals surface area contributed by atoms with Gasteiger partial charge in [-0.05, 0) is 46.9 Å². The number of hydrogen-bond acceptors (Lipinski definition) is 5. The zero-order valence-electron chi connectivity index (χ0n) is 11.9. The molecule has 3 rings (SSSR count). The van der Waals surface area contributed by atoms with E-state index in [1.807, 2.05) is 28.7 Å². The Bertz CT molecular complexity index is 762. The Morgan fingerprint density at radius 1 is 1.13 bits per heavy atom. The molecule has 1 amide bonds. The lowest BCUT2D eigenvalue weighted by atomic mass is 10.2. The predicted octanol–water partition coefficient (Wildman–Crippen LogP) is 2.82. The summed E-state index contributed by atoms with van der Waals surface area (Å²) in [5, 5.41) is 2.64. The van der Waals surface area contributed by atoms with E-state index in [0.717, 1.165) is 3.57 Å². The van der Waals surface area contributed by atoms with E-state index in [0.29, 0.717) is 22.7 Å². The second-order valence-corrected chi connectivity index (χ2v) is 5.83. The highest BCUT2D eigenvalue weighted by Crippen LogP contribution is 2.34. The van der Waals surface area contributed by atoms with Gasteiger partial charge in [0.2, 0.25) is 6.79 Å². The van der Waals surface area contributed by atoms with Crippen LogP contribution >= 0.6 is 22.6 Å². The van der Waals surface area contributed by atoms with Crippen LogP contribution in [0, 0.1) is 3.57 Å². The number of amides is 1. The average Bonchev–Trinajstić information content (AvgIpc) is 3.01. The molecular formula is C16H12INO5. The van der Waals surface area contributed by atoms with Gasteiger partial charge in [-0.1, -0.05) is 12.1 Å². The van der Waals surface area contributed by atoms with E-state index in [1.54, 1.807) is 36.4 Å². The van der Waals surface area contributed by atoms with Crippen LogP contribution < -0.4 is 14.8 Å². The maximum absolute atomic E-state index is 11.9. The fourth-order valence-electron chi connectivity index (χ4n) is 2.01. The smallest absolute Gasteiger partial charge is 0.339 e. The second kappa shape index (κ2) is 6.86. The molecule has 0 aromatic heterocycles. The number of fused-ring (bicyclic) bond motifs is 1. The largest absolute Gasteiger partial charge is 0.454 e. The lowest BCUT2D eigenvalue weighted by Gasteiger charge is -2.08. The lowest BCUT2D eigenvalue weighted by Crippen LogP contribution is -2.21. The van der Waals surface area contributed by atoms with Gasteiger partial charge in [-0.25, -0.2) is 4.79 Å². The zero-order chi connectivity index (χ0) is 16.2. The van der Waals surface area contributed by atoms with E-state index in [2.05, 4.69) is 5.32 Å². The minimum Gasteiger partial charge on any atom is -0.454 e. The predicted molar refractivity (Wildman–Crippen MR) is 90.6 cm³/mol. The normalized spacial score (nSPS) is 11.9. The van der Waals surface area contributed by atoms with E-state index < -0.39 is 11.9 Å². The Kier molecular flexibility index (Phi) is 4.65. The number of halogens is 1. The number of carbonyl (C=O) groups is 2. The molecule has 7 heteroatoms. The van der Waals surface area contributed by atoms with E-state index in [4.69, 9.17) is 14.2 Å². The first-order chi connectivity index (χ1) is 11.1. The third-order valence-corrected chi connectivity index (χ3v) is 4.03. The quantitative estimate of drug-likeness (QED) is 0.603. The van der Waals surface area contributed by atoms with Crippen molar-refractivity contribution in [1.82, 2.24) is 0 Å². The number of ether oxygens (including phenoxy) is 3. The van der Waals surface area contributed by atoms with Crippen molar-refractivity contribution in [3.8, 4) is 11.5 Å². The van der Waals surface area contributed by atoms with Crippen molar-refractivity contribution in [2.75, 3.05) is 18.7 Å². The molecule has 0 saturated heterocycles. The van der Waals surface area contributed by atoms with Crippen molar-refractivity contribution in [2.24, 2.45) is 0 Å². The molecule has 1 aliphatic heterocycles. The molecule has 0 spiro atoms. The topological polar surface area (TPSA) is 73.9 Å². The molecular weight excluding hydrogens is 413 g/mol. The maximum Gasteiger partial charge on any atom is 0.339 e. The molecule has 0 atom stereocenters. The first-order valence-corrected chi connectivity index (χ1v) is 7.82. The fourth-order valence-corrected chi connectivity index (χ4v) is 2.61. The molecule has 0 saturated carbocycles. The van der Waals surface area contributed by atoms with E-state index in [-0.39, 0.29) is 13.4 Å². The monoisotopic (exact) mass is 425 g/mol. The second-order valence-electron chi connectivity index (χ2n) is 4.67. The Labute approximate surface area is 145 Å². The summed E-state index contributed by atoms with van der Waals surface area (Å²) < 4.78 is 16.2. The van der Waals surface area contributed by atoms with Crippen LogP contribution in [-0.2, 0) is 9.53 Å². The molecule has 2 aromatic rings. The van der Waals surface area contributed by atoms with Gasteiger partial charge in [0.1, 0.15) is 0 Å². The van der Waals surface area contributed by atoms with Gasteiger partial charge in [-0.2, -0.15) is 0 Å². The first-order valence-electron chi connectivity index (χ1n) is 6.74. The van der Waals surface area contributed by atoms with Gasteiger partial charge in [-0.15, -0.1) is 0 Å². The number of carbonyl (C=O) groups excluding carboxylic acids is 2. The summed E-state index contributed by atoms with van der Waals surface area (Å²) >= 11 is 2.04.